The van der Waals surface area contributed by atoms with Crippen LogP contribution in [-0.2, 0) is 19.1 Å². The second-order valence-corrected chi connectivity index (χ2v) is 7.24. The van der Waals surface area contributed by atoms with Crippen molar-refractivity contribution in [3.05, 3.63) is 0 Å². The molecule has 1 saturated heterocycles. The van der Waals surface area contributed by atoms with Gasteiger partial charge in [-0.25, -0.2) is 0 Å². The van der Waals surface area contributed by atoms with Gasteiger partial charge in [-0.2, -0.15) is 0 Å². The molecule has 1 aliphatic rings. The summed E-state index contributed by atoms with van der Waals surface area (Å²) in [6, 6.07) is 0. The van der Waals surface area contributed by atoms with Crippen molar-refractivity contribution in [3.63, 3.8) is 0 Å². The average Bonchev–Trinajstić information content (AvgIpc) is 2.45. The molecule has 0 unspecified atom stereocenters. The first-order valence-corrected chi connectivity index (χ1v) is 7.69. The number of hydrogen-bond donors (Lipinski definition) is 2. The molecule has 2 atom stereocenters. The van der Waals surface area contributed by atoms with E-state index in [1.54, 1.807) is 27.7 Å². The minimum absolute atomic E-state index is 0.364. The molecule has 6 nitrogen and oxygen atoms in total. The van der Waals surface area contributed by atoms with Crippen LogP contribution in [0.1, 0.15) is 40.5 Å². The molecule has 0 amide bonds. The van der Waals surface area contributed by atoms with E-state index in [0.29, 0.717) is 39.3 Å². The highest BCUT2D eigenvalue weighted by molar-refractivity contribution is 6.40. The van der Waals surface area contributed by atoms with E-state index in [4.69, 9.17) is 9.47 Å². The minimum atomic E-state index is -1.45. The molecule has 0 spiro atoms. The molecule has 0 radical (unpaired) electrons. The Morgan fingerprint density at radius 1 is 0.773 bits per heavy atom. The summed E-state index contributed by atoms with van der Waals surface area (Å²) < 4.78 is 10.8. The van der Waals surface area contributed by atoms with E-state index in [1.165, 1.54) is 0 Å². The van der Waals surface area contributed by atoms with Crippen molar-refractivity contribution in [1.82, 2.24) is 0 Å². The summed E-state index contributed by atoms with van der Waals surface area (Å²) in [6.07, 6.45) is -2.05. The van der Waals surface area contributed by atoms with Crippen LogP contribution in [0.15, 0.2) is 0 Å². The molecule has 0 aromatic carbocycles. The van der Waals surface area contributed by atoms with Crippen molar-refractivity contribution in [1.29, 1.82) is 0 Å². The Balaban J connectivity index is 2.94. The van der Waals surface area contributed by atoms with Crippen molar-refractivity contribution in [2.75, 3.05) is 26.4 Å². The molecule has 1 aliphatic heterocycles. The van der Waals surface area contributed by atoms with Crippen LogP contribution in [0.25, 0.3) is 0 Å². The lowest BCUT2D eigenvalue weighted by Gasteiger charge is -2.33. The third-order valence-corrected chi connectivity index (χ3v) is 4.37. The van der Waals surface area contributed by atoms with Gasteiger partial charge in [0.2, 0.25) is 11.6 Å². The maximum atomic E-state index is 12.2. The lowest BCUT2D eigenvalue weighted by atomic mass is 9.76. The molecule has 1 rings (SSSR count). The molecule has 0 bridgehead atoms. The second kappa shape index (κ2) is 7.64. The van der Waals surface area contributed by atoms with Crippen LogP contribution in [0.3, 0.4) is 0 Å². The Kier molecular flexibility index (Phi) is 6.67. The molecule has 0 aromatic heterocycles. The number of Topliss-reactive ketones (excluding diaryl/α,β-unsaturated/α-hetero) is 2. The molecule has 0 aliphatic carbocycles. The minimum Gasteiger partial charge on any atom is -0.384 e. The fourth-order valence-electron chi connectivity index (χ4n) is 2.25. The first-order chi connectivity index (χ1) is 10.1. The van der Waals surface area contributed by atoms with E-state index in [1.807, 2.05) is 0 Å². The van der Waals surface area contributed by atoms with E-state index in [9.17, 15) is 19.8 Å². The zero-order valence-corrected chi connectivity index (χ0v) is 13.9. The van der Waals surface area contributed by atoms with Crippen molar-refractivity contribution < 1.29 is 29.3 Å². The van der Waals surface area contributed by atoms with Crippen molar-refractivity contribution in [3.8, 4) is 0 Å². The van der Waals surface area contributed by atoms with Crippen molar-refractivity contribution >= 4 is 11.6 Å². The molecule has 22 heavy (non-hydrogen) atoms. The SMILES string of the molecule is CC1(C)CCOCCOCCC(C)(C)[C@@H](O)C(=O)C(=O)[C@@H]1O. The molecular formula is C16H28O6. The van der Waals surface area contributed by atoms with Gasteiger partial charge >= 0.3 is 0 Å². The average molecular weight is 316 g/mol. The van der Waals surface area contributed by atoms with E-state index < -0.39 is 34.6 Å². The summed E-state index contributed by atoms with van der Waals surface area (Å²) in [5.74, 6) is -1.88. The predicted octanol–water partition coefficient (Wildman–Crippen LogP) is 0.726. The van der Waals surface area contributed by atoms with Crippen LogP contribution in [0.4, 0.5) is 0 Å². The number of carbonyl (C=O) groups is 2. The first-order valence-electron chi connectivity index (χ1n) is 7.69. The summed E-state index contributed by atoms with van der Waals surface area (Å²) in [7, 11) is 0. The van der Waals surface area contributed by atoms with Gasteiger partial charge in [0, 0.05) is 24.0 Å². The van der Waals surface area contributed by atoms with Crippen LogP contribution < -0.4 is 0 Å². The molecule has 1 heterocycles. The number of hydrogen-bond acceptors (Lipinski definition) is 6. The Morgan fingerprint density at radius 2 is 1.09 bits per heavy atom. The highest BCUT2D eigenvalue weighted by Gasteiger charge is 2.42. The molecule has 0 saturated carbocycles. The standard InChI is InChI=1S/C16H28O6/c1-15(2)5-7-21-9-10-22-8-6-16(3,4)14(20)12(18)11(17)13(15)19/h13-14,19-20H,5-10H2,1-4H3/t13-,14-/m0/s1. The molecule has 0 aromatic rings. The summed E-state index contributed by atoms with van der Waals surface area (Å²) in [5, 5.41) is 20.4. The molecule has 2 N–H and O–H groups in total. The summed E-state index contributed by atoms with van der Waals surface area (Å²) in [6.45, 7) is 8.40. The Bertz CT molecular complexity index is 363. The lowest BCUT2D eigenvalue weighted by molar-refractivity contribution is -0.154. The van der Waals surface area contributed by atoms with E-state index in [0.717, 1.165) is 0 Å². The van der Waals surface area contributed by atoms with Gasteiger partial charge in [-0.3, -0.25) is 9.59 Å². The highest BCUT2D eigenvalue weighted by atomic mass is 16.5. The Morgan fingerprint density at radius 3 is 1.41 bits per heavy atom. The van der Waals surface area contributed by atoms with E-state index >= 15 is 0 Å². The monoisotopic (exact) mass is 316 g/mol. The third kappa shape index (κ3) is 4.84. The van der Waals surface area contributed by atoms with E-state index in [2.05, 4.69) is 0 Å². The fourth-order valence-corrected chi connectivity index (χ4v) is 2.25. The van der Waals surface area contributed by atoms with Crippen LogP contribution in [-0.4, -0.2) is 60.4 Å². The summed E-state index contributed by atoms with van der Waals surface area (Å²) in [4.78, 5) is 24.4. The first kappa shape index (κ1) is 19.2. The third-order valence-electron chi connectivity index (χ3n) is 4.37. The predicted molar refractivity (Wildman–Crippen MR) is 80.5 cm³/mol. The number of aliphatic hydroxyl groups is 2. The summed E-state index contributed by atoms with van der Waals surface area (Å²) >= 11 is 0. The van der Waals surface area contributed by atoms with Crippen LogP contribution in [0.2, 0.25) is 0 Å². The summed E-state index contributed by atoms with van der Waals surface area (Å²) in [5.41, 5.74) is -1.61. The number of ether oxygens (including phenoxy) is 2. The van der Waals surface area contributed by atoms with Gasteiger partial charge in [0.05, 0.1) is 13.2 Å². The second-order valence-electron chi connectivity index (χ2n) is 7.24. The number of carbonyl (C=O) groups excluding carboxylic acids is 2. The zero-order chi connectivity index (χ0) is 17.0. The van der Waals surface area contributed by atoms with Crippen LogP contribution in [0, 0.1) is 10.8 Å². The van der Waals surface area contributed by atoms with Gasteiger partial charge in [-0.1, -0.05) is 27.7 Å². The Labute approximate surface area is 131 Å². The normalized spacial score (nSPS) is 31.5. The topological polar surface area (TPSA) is 93.1 Å². The molecule has 128 valence electrons. The highest BCUT2D eigenvalue weighted by Crippen LogP contribution is 2.30. The Hall–Kier alpha value is -0.820. The van der Waals surface area contributed by atoms with Crippen LogP contribution >= 0.6 is 0 Å². The van der Waals surface area contributed by atoms with Gasteiger partial charge in [0.15, 0.2) is 0 Å². The smallest absolute Gasteiger partial charge is 0.230 e. The maximum Gasteiger partial charge on any atom is 0.230 e. The van der Waals surface area contributed by atoms with Crippen LogP contribution in [0.5, 0.6) is 0 Å². The largest absolute Gasteiger partial charge is 0.384 e. The van der Waals surface area contributed by atoms with Gasteiger partial charge in [0.1, 0.15) is 12.2 Å². The van der Waals surface area contributed by atoms with E-state index in [-0.39, 0.29) is 0 Å². The maximum absolute atomic E-state index is 12.2. The van der Waals surface area contributed by atoms with Gasteiger partial charge in [-0.05, 0) is 12.8 Å². The van der Waals surface area contributed by atoms with Gasteiger partial charge in [-0.15, -0.1) is 0 Å². The number of rotatable bonds is 0. The lowest BCUT2D eigenvalue weighted by Crippen LogP contribution is -2.48. The number of ketones is 2. The molecule has 1 fully saturated rings. The zero-order valence-electron chi connectivity index (χ0n) is 13.9. The van der Waals surface area contributed by atoms with Gasteiger partial charge < -0.3 is 19.7 Å². The quantitative estimate of drug-likeness (QED) is 0.640. The molecular weight excluding hydrogens is 288 g/mol. The van der Waals surface area contributed by atoms with Crippen molar-refractivity contribution in [2.45, 2.75) is 52.7 Å². The molecule has 6 heteroatoms. The van der Waals surface area contributed by atoms with Crippen molar-refractivity contribution in [2.24, 2.45) is 10.8 Å². The number of aliphatic hydroxyl groups excluding tert-OH is 2. The fraction of sp³-hybridized carbons (Fsp3) is 0.875. The van der Waals surface area contributed by atoms with Gasteiger partial charge in [0.25, 0.3) is 0 Å².